The maximum absolute atomic E-state index is 13.1. The Morgan fingerprint density at radius 2 is 1.34 bits per heavy atom. The van der Waals surface area contributed by atoms with E-state index in [2.05, 4.69) is 4.90 Å². The maximum Gasteiger partial charge on any atom is 0.236 e. The highest BCUT2D eigenvalue weighted by atomic mass is 16.5. The largest absolute Gasteiger partial charge is 0.493 e. The molecule has 35 heavy (non-hydrogen) atoms. The van der Waals surface area contributed by atoms with Crippen LogP contribution in [-0.2, 0) is 14.4 Å². The molecule has 3 fully saturated rings. The standard InChI is InChI=1S/C27H40N4O4/c32-25(12-21-35-24-8-4-3-5-9-24)30-15-10-23(11-16-30)27(34)31-19-17-28(18-20-31)22-26(33)29-13-6-1-2-7-14-29/h3-5,8-9,23H,1-2,6-7,10-22H2. The lowest BCUT2D eigenvalue weighted by Crippen LogP contribution is -2.53. The Morgan fingerprint density at radius 1 is 0.714 bits per heavy atom. The van der Waals surface area contributed by atoms with E-state index in [9.17, 15) is 14.4 Å². The van der Waals surface area contributed by atoms with Gasteiger partial charge in [0.1, 0.15) is 5.75 Å². The van der Waals surface area contributed by atoms with Crippen LogP contribution < -0.4 is 4.74 Å². The van der Waals surface area contributed by atoms with E-state index in [4.69, 9.17) is 4.74 Å². The molecule has 1 aromatic rings. The molecule has 0 aliphatic carbocycles. The molecule has 0 atom stereocenters. The Kier molecular flexibility index (Phi) is 9.40. The van der Waals surface area contributed by atoms with Gasteiger partial charge < -0.3 is 19.4 Å². The average molecular weight is 485 g/mol. The highest BCUT2D eigenvalue weighted by molar-refractivity contribution is 5.81. The number of amides is 3. The van der Waals surface area contributed by atoms with Gasteiger partial charge in [-0.15, -0.1) is 0 Å². The predicted octanol–water partition coefficient (Wildman–Crippen LogP) is 2.24. The molecule has 3 heterocycles. The second kappa shape index (κ2) is 12.9. The van der Waals surface area contributed by atoms with Crippen molar-refractivity contribution in [2.45, 2.75) is 44.9 Å². The van der Waals surface area contributed by atoms with E-state index >= 15 is 0 Å². The molecule has 0 unspecified atom stereocenters. The molecule has 4 rings (SSSR count). The van der Waals surface area contributed by atoms with Gasteiger partial charge in [0.15, 0.2) is 0 Å². The highest BCUT2D eigenvalue weighted by Crippen LogP contribution is 2.21. The van der Waals surface area contributed by atoms with Gasteiger partial charge in [0.2, 0.25) is 17.7 Å². The lowest BCUT2D eigenvalue weighted by Gasteiger charge is -2.38. The van der Waals surface area contributed by atoms with Crippen LogP contribution in [0, 0.1) is 5.92 Å². The molecule has 3 aliphatic heterocycles. The first-order valence-electron chi connectivity index (χ1n) is 13.3. The predicted molar refractivity (Wildman–Crippen MR) is 134 cm³/mol. The van der Waals surface area contributed by atoms with Crippen molar-refractivity contribution in [1.82, 2.24) is 19.6 Å². The zero-order chi connectivity index (χ0) is 24.5. The Morgan fingerprint density at radius 3 is 2.00 bits per heavy atom. The van der Waals surface area contributed by atoms with Crippen LogP contribution >= 0.6 is 0 Å². The van der Waals surface area contributed by atoms with Crippen LogP contribution in [-0.4, -0.2) is 103 Å². The number of piperidine rings is 1. The van der Waals surface area contributed by atoms with Gasteiger partial charge in [-0.2, -0.15) is 0 Å². The monoisotopic (exact) mass is 484 g/mol. The third-order valence-electron chi connectivity index (χ3n) is 7.53. The molecule has 0 N–H and O–H groups in total. The number of rotatable bonds is 7. The molecule has 8 heteroatoms. The summed E-state index contributed by atoms with van der Waals surface area (Å²) in [5.74, 6) is 1.30. The summed E-state index contributed by atoms with van der Waals surface area (Å²) in [6, 6.07) is 9.52. The van der Waals surface area contributed by atoms with Crippen molar-refractivity contribution in [2.75, 3.05) is 65.5 Å². The highest BCUT2D eigenvalue weighted by Gasteiger charge is 2.32. The first kappa shape index (κ1) is 25.5. The van der Waals surface area contributed by atoms with Crippen LogP contribution in [0.1, 0.15) is 44.9 Å². The first-order valence-corrected chi connectivity index (χ1v) is 13.3. The zero-order valence-corrected chi connectivity index (χ0v) is 20.9. The SMILES string of the molecule is O=C(CCOc1ccccc1)N1CCC(C(=O)N2CCN(CC(=O)N3CCCCCC3)CC2)CC1. The molecule has 3 aliphatic rings. The normalized spacial score (nSPS) is 20.4. The van der Waals surface area contributed by atoms with Gasteiger partial charge in [-0.1, -0.05) is 31.0 Å². The number of ether oxygens (including phenoxy) is 1. The van der Waals surface area contributed by atoms with Crippen molar-refractivity contribution in [3.05, 3.63) is 30.3 Å². The summed E-state index contributed by atoms with van der Waals surface area (Å²) in [4.78, 5) is 46.3. The fourth-order valence-electron chi connectivity index (χ4n) is 5.30. The number of nitrogens with zero attached hydrogens (tertiary/aromatic N) is 4. The Bertz CT molecular complexity index is 825. The fraction of sp³-hybridized carbons (Fsp3) is 0.667. The van der Waals surface area contributed by atoms with E-state index in [0.29, 0.717) is 45.8 Å². The van der Waals surface area contributed by atoms with Crippen LogP contribution in [0.2, 0.25) is 0 Å². The third-order valence-corrected chi connectivity index (χ3v) is 7.53. The van der Waals surface area contributed by atoms with Crippen LogP contribution in [0.5, 0.6) is 5.75 Å². The second-order valence-corrected chi connectivity index (χ2v) is 9.96. The molecule has 0 radical (unpaired) electrons. The van der Waals surface area contributed by atoms with E-state index < -0.39 is 0 Å². The van der Waals surface area contributed by atoms with Gasteiger partial charge in [0, 0.05) is 58.3 Å². The summed E-state index contributed by atoms with van der Waals surface area (Å²) < 4.78 is 5.64. The van der Waals surface area contributed by atoms with Crippen molar-refractivity contribution in [2.24, 2.45) is 5.92 Å². The number of hydrogen-bond donors (Lipinski definition) is 0. The summed E-state index contributed by atoms with van der Waals surface area (Å²) >= 11 is 0. The summed E-state index contributed by atoms with van der Waals surface area (Å²) in [6.07, 6.45) is 6.46. The molecule has 0 aromatic heterocycles. The summed E-state index contributed by atoms with van der Waals surface area (Å²) in [7, 11) is 0. The Labute approximate surface area is 209 Å². The van der Waals surface area contributed by atoms with Crippen molar-refractivity contribution >= 4 is 17.7 Å². The molecular formula is C27H40N4O4. The van der Waals surface area contributed by atoms with Crippen molar-refractivity contribution in [3.8, 4) is 5.75 Å². The van der Waals surface area contributed by atoms with Gasteiger partial charge >= 0.3 is 0 Å². The quantitative estimate of drug-likeness (QED) is 0.594. The topological polar surface area (TPSA) is 73.4 Å². The Balaban J connectivity index is 1.13. The number of carbonyl (C=O) groups excluding carboxylic acids is 3. The fourth-order valence-corrected chi connectivity index (χ4v) is 5.30. The van der Waals surface area contributed by atoms with E-state index in [0.717, 1.165) is 57.6 Å². The molecule has 8 nitrogen and oxygen atoms in total. The average Bonchev–Trinajstić information content (AvgIpc) is 3.19. The second-order valence-electron chi connectivity index (χ2n) is 9.96. The minimum atomic E-state index is -0.00935. The number of benzene rings is 1. The molecule has 3 saturated heterocycles. The van der Waals surface area contributed by atoms with E-state index in [1.165, 1.54) is 12.8 Å². The van der Waals surface area contributed by atoms with Gasteiger partial charge in [-0.3, -0.25) is 19.3 Å². The number of likely N-dealkylation sites (tertiary alicyclic amines) is 2. The van der Waals surface area contributed by atoms with Gasteiger partial charge in [0.25, 0.3) is 0 Å². The molecular weight excluding hydrogens is 444 g/mol. The Hall–Kier alpha value is -2.61. The molecule has 192 valence electrons. The lowest BCUT2D eigenvalue weighted by atomic mass is 9.94. The number of carbonyl (C=O) groups is 3. The minimum Gasteiger partial charge on any atom is -0.493 e. The zero-order valence-electron chi connectivity index (χ0n) is 20.9. The van der Waals surface area contributed by atoms with Gasteiger partial charge in [0.05, 0.1) is 19.6 Å². The van der Waals surface area contributed by atoms with Crippen LogP contribution in [0.25, 0.3) is 0 Å². The van der Waals surface area contributed by atoms with Gasteiger partial charge in [-0.25, -0.2) is 0 Å². The molecule has 0 spiro atoms. The van der Waals surface area contributed by atoms with E-state index in [-0.39, 0.29) is 23.6 Å². The minimum absolute atomic E-state index is 0.00935. The summed E-state index contributed by atoms with van der Waals surface area (Å²) in [6.45, 7) is 6.74. The first-order chi connectivity index (χ1) is 17.1. The summed E-state index contributed by atoms with van der Waals surface area (Å²) in [5.41, 5.74) is 0. The smallest absolute Gasteiger partial charge is 0.236 e. The number of hydrogen-bond acceptors (Lipinski definition) is 5. The number of para-hydroxylation sites is 1. The van der Waals surface area contributed by atoms with Crippen molar-refractivity contribution in [3.63, 3.8) is 0 Å². The third kappa shape index (κ3) is 7.43. The van der Waals surface area contributed by atoms with Crippen molar-refractivity contribution < 1.29 is 19.1 Å². The number of piperazine rings is 1. The lowest BCUT2D eigenvalue weighted by molar-refractivity contribution is -0.142. The van der Waals surface area contributed by atoms with Crippen LogP contribution in [0.4, 0.5) is 0 Å². The molecule has 0 saturated carbocycles. The van der Waals surface area contributed by atoms with Crippen LogP contribution in [0.3, 0.4) is 0 Å². The van der Waals surface area contributed by atoms with E-state index in [1.54, 1.807) is 0 Å². The van der Waals surface area contributed by atoms with Crippen LogP contribution in [0.15, 0.2) is 30.3 Å². The molecule has 3 amide bonds. The molecule has 0 bridgehead atoms. The summed E-state index contributed by atoms with van der Waals surface area (Å²) in [5, 5.41) is 0. The van der Waals surface area contributed by atoms with Gasteiger partial charge in [-0.05, 0) is 37.8 Å². The maximum atomic E-state index is 13.1. The van der Waals surface area contributed by atoms with Crippen molar-refractivity contribution in [1.29, 1.82) is 0 Å². The molecule has 1 aromatic carbocycles. The van der Waals surface area contributed by atoms with E-state index in [1.807, 2.05) is 45.0 Å².